The summed E-state index contributed by atoms with van der Waals surface area (Å²) in [6.07, 6.45) is 1.16. The van der Waals surface area contributed by atoms with E-state index in [1.165, 1.54) is 4.88 Å². The summed E-state index contributed by atoms with van der Waals surface area (Å²) in [7, 11) is 0. The molecule has 0 aliphatic heterocycles. The molecule has 0 N–H and O–H groups in total. The van der Waals surface area contributed by atoms with E-state index >= 15 is 0 Å². The van der Waals surface area contributed by atoms with Crippen molar-refractivity contribution in [3.63, 3.8) is 0 Å². The van der Waals surface area contributed by atoms with Gasteiger partial charge >= 0.3 is 0 Å². The van der Waals surface area contributed by atoms with Crippen LogP contribution in [0.2, 0.25) is 4.34 Å². The summed E-state index contributed by atoms with van der Waals surface area (Å²) in [6.45, 7) is 5.20. The molecule has 0 spiro atoms. The number of rotatable bonds is 6. The molecule has 0 atom stereocenters. The summed E-state index contributed by atoms with van der Waals surface area (Å²) in [5, 5.41) is 0. The van der Waals surface area contributed by atoms with Crippen LogP contribution in [0, 0.1) is 0 Å². The van der Waals surface area contributed by atoms with E-state index in [9.17, 15) is 0 Å². The third kappa shape index (κ3) is 4.18. The van der Waals surface area contributed by atoms with E-state index in [1.807, 2.05) is 6.07 Å². The SMILES string of the molecule is CCCN(CCCl)Cc1ccc(Cl)s1. The molecule has 1 aromatic rings. The van der Waals surface area contributed by atoms with Gasteiger partial charge in [0, 0.05) is 23.8 Å². The molecule has 80 valence electrons. The maximum Gasteiger partial charge on any atom is 0.0931 e. The van der Waals surface area contributed by atoms with Crippen LogP contribution in [0.15, 0.2) is 12.1 Å². The van der Waals surface area contributed by atoms with E-state index in [0.717, 1.165) is 30.4 Å². The lowest BCUT2D eigenvalue weighted by molar-refractivity contribution is 0.285. The van der Waals surface area contributed by atoms with E-state index in [1.54, 1.807) is 11.3 Å². The minimum atomic E-state index is 0.694. The second-order valence-electron chi connectivity index (χ2n) is 3.17. The molecule has 0 radical (unpaired) electrons. The lowest BCUT2D eigenvalue weighted by atomic mass is 10.3. The molecule has 0 aliphatic carbocycles. The van der Waals surface area contributed by atoms with Gasteiger partial charge in [-0.25, -0.2) is 0 Å². The second-order valence-corrected chi connectivity index (χ2v) is 5.35. The van der Waals surface area contributed by atoms with E-state index in [2.05, 4.69) is 17.9 Å². The Kier molecular flexibility index (Phi) is 5.87. The van der Waals surface area contributed by atoms with E-state index in [0.29, 0.717) is 5.88 Å². The Bertz CT molecular complexity index is 256. The molecule has 0 unspecified atom stereocenters. The lowest BCUT2D eigenvalue weighted by Gasteiger charge is -2.19. The standard InChI is InChI=1S/C10H15Cl2NS/c1-2-6-13(7-5-11)8-9-3-4-10(12)14-9/h3-4H,2,5-8H2,1H3. The minimum Gasteiger partial charge on any atom is -0.297 e. The average molecular weight is 252 g/mol. The highest BCUT2D eigenvalue weighted by Crippen LogP contribution is 2.22. The van der Waals surface area contributed by atoms with Crippen molar-refractivity contribution in [2.24, 2.45) is 0 Å². The molecule has 1 nitrogen and oxygen atoms in total. The predicted molar refractivity (Wildman–Crippen MR) is 65.6 cm³/mol. The molecule has 0 aliphatic rings. The Morgan fingerprint density at radius 2 is 2.14 bits per heavy atom. The molecule has 0 aromatic carbocycles. The van der Waals surface area contributed by atoms with Crippen LogP contribution in [0.3, 0.4) is 0 Å². The zero-order chi connectivity index (χ0) is 10.4. The zero-order valence-electron chi connectivity index (χ0n) is 8.30. The van der Waals surface area contributed by atoms with Gasteiger partial charge in [0.1, 0.15) is 0 Å². The number of nitrogens with zero attached hydrogens (tertiary/aromatic N) is 1. The highest BCUT2D eigenvalue weighted by atomic mass is 35.5. The van der Waals surface area contributed by atoms with Gasteiger partial charge < -0.3 is 0 Å². The van der Waals surface area contributed by atoms with Crippen molar-refractivity contribution in [2.45, 2.75) is 19.9 Å². The molecule has 0 saturated carbocycles. The Labute approximate surface area is 99.6 Å². The first-order valence-electron chi connectivity index (χ1n) is 4.78. The van der Waals surface area contributed by atoms with E-state index < -0.39 is 0 Å². The molecule has 1 heterocycles. The second kappa shape index (κ2) is 6.67. The first-order valence-corrected chi connectivity index (χ1v) is 6.51. The van der Waals surface area contributed by atoms with Gasteiger partial charge in [-0.3, -0.25) is 4.90 Å². The highest BCUT2D eigenvalue weighted by molar-refractivity contribution is 7.16. The Morgan fingerprint density at radius 3 is 2.64 bits per heavy atom. The maximum atomic E-state index is 5.87. The smallest absolute Gasteiger partial charge is 0.0931 e. The molecular weight excluding hydrogens is 237 g/mol. The number of thiophene rings is 1. The molecule has 1 aromatic heterocycles. The topological polar surface area (TPSA) is 3.24 Å². The Balaban J connectivity index is 2.46. The molecule has 0 amide bonds. The Hall–Kier alpha value is 0.240. The number of hydrogen-bond acceptors (Lipinski definition) is 2. The van der Waals surface area contributed by atoms with Crippen LogP contribution in [-0.4, -0.2) is 23.9 Å². The van der Waals surface area contributed by atoms with Crippen LogP contribution in [0.25, 0.3) is 0 Å². The van der Waals surface area contributed by atoms with Crippen LogP contribution in [-0.2, 0) is 6.54 Å². The van der Waals surface area contributed by atoms with Crippen LogP contribution >= 0.6 is 34.5 Å². The average Bonchev–Trinajstić information content (AvgIpc) is 2.52. The minimum absolute atomic E-state index is 0.694. The Morgan fingerprint density at radius 1 is 1.36 bits per heavy atom. The summed E-state index contributed by atoms with van der Waals surface area (Å²) >= 11 is 13.3. The third-order valence-corrected chi connectivity index (χ3v) is 3.33. The van der Waals surface area contributed by atoms with Crippen LogP contribution in [0.1, 0.15) is 18.2 Å². The summed E-state index contributed by atoms with van der Waals surface area (Å²) in [5.74, 6) is 0.694. The maximum absolute atomic E-state index is 5.87. The number of halogens is 2. The van der Waals surface area contributed by atoms with Gasteiger partial charge in [-0.05, 0) is 25.1 Å². The van der Waals surface area contributed by atoms with Gasteiger partial charge in [0.05, 0.1) is 4.34 Å². The van der Waals surface area contributed by atoms with Gasteiger partial charge in [-0.2, -0.15) is 0 Å². The molecule has 0 bridgehead atoms. The zero-order valence-corrected chi connectivity index (χ0v) is 10.6. The van der Waals surface area contributed by atoms with Gasteiger partial charge in [-0.15, -0.1) is 22.9 Å². The first kappa shape index (κ1) is 12.3. The lowest BCUT2D eigenvalue weighted by Crippen LogP contribution is -2.25. The van der Waals surface area contributed by atoms with Crippen molar-refractivity contribution in [3.05, 3.63) is 21.3 Å². The highest BCUT2D eigenvalue weighted by Gasteiger charge is 2.05. The summed E-state index contributed by atoms with van der Waals surface area (Å²) in [4.78, 5) is 3.67. The molecule has 0 fully saturated rings. The van der Waals surface area contributed by atoms with E-state index in [-0.39, 0.29) is 0 Å². The van der Waals surface area contributed by atoms with Crippen LogP contribution < -0.4 is 0 Å². The van der Waals surface area contributed by atoms with Crippen molar-refractivity contribution >= 4 is 34.5 Å². The first-order chi connectivity index (χ1) is 6.76. The fourth-order valence-electron chi connectivity index (χ4n) is 1.36. The molecule has 0 saturated heterocycles. The van der Waals surface area contributed by atoms with Crippen LogP contribution in [0.5, 0.6) is 0 Å². The monoisotopic (exact) mass is 251 g/mol. The van der Waals surface area contributed by atoms with Crippen molar-refractivity contribution < 1.29 is 0 Å². The van der Waals surface area contributed by atoms with Gasteiger partial charge in [0.15, 0.2) is 0 Å². The molecule has 4 heteroatoms. The van der Waals surface area contributed by atoms with Gasteiger partial charge in [0.25, 0.3) is 0 Å². The van der Waals surface area contributed by atoms with Crippen LogP contribution in [0.4, 0.5) is 0 Å². The molecular formula is C10H15Cl2NS. The van der Waals surface area contributed by atoms with Crippen molar-refractivity contribution in [2.75, 3.05) is 19.0 Å². The summed E-state index contributed by atoms with van der Waals surface area (Å²) in [6, 6.07) is 4.04. The van der Waals surface area contributed by atoms with E-state index in [4.69, 9.17) is 23.2 Å². The third-order valence-electron chi connectivity index (χ3n) is 1.95. The summed E-state index contributed by atoms with van der Waals surface area (Å²) < 4.78 is 0.863. The van der Waals surface area contributed by atoms with Gasteiger partial charge in [0.2, 0.25) is 0 Å². The van der Waals surface area contributed by atoms with Crippen molar-refractivity contribution in [3.8, 4) is 0 Å². The normalized spacial score (nSPS) is 11.1. The predicted octanol–water partition coefficient (Wildman–Crippen LogP) is 3.85. The quantitative estimate of drug-likeness (QED) is 0.695. The fraction of sp³-hybridized carbons (Fsp3) is 0.600. The molecule has 14 heavy (non-hydrogen) atoms. The summed E-state index contributed by atoms with van der Waals surface area (Å²) in [5.41, 5.74) is 0. The number of hydrogen-bond donors (Lipinski definition) is 0. The molecule has 1 rings (SSSR count). The largest absolute Gasteiger partial charge is 0.297 e. The number of alkyl halides is 1. The fourth-order valence-corrected chi connectivity index (χ4v) is 2.73. The van der Waals surface area contributed by atoms with Crippen molar-refractivity contribution in [1.82, 2.24) is 4.90 Å². The van der Waals surface area contributed by atoms with Gasteiger partial charge in [-0.1, -0.05) is 18.5 Å². The van der Waals surface area contributed by atoms with Crippen molar-refractivity contribution in [1.29, 1.82) is 0 Å².